The molecule has 7 nitrogen and oxygen atoms in total. The molecule has 0 radical (unpaired) electrons. The molecule has 2 aliphatic heterocycles. The zero-order chi connectivity index (χ0) is 19.5. The molecule has 1 unspecified atom stereocenters. The van der Waals surface area contributed by atoms with E-state index in [2.05, 4.69) is 15.2 Å². The third-order valence-corrected chi connectivity index (χ3v) is 5.36. The Morgan fingerprint density at radius 1 is 1.07 bits per heavy atom. The van der Waals surface area contributed by atoms with Gasteiger partial charge in [0.1, 0.15) is 0 Å². The highest BCUT2D eigenvalue weighted by molar-refractivity contribution is 5.96. The van der Waals surface area contributed by atoms with Crippen LogP contribution >= 0.6 is 0 Å². The first-order valence-corrected chi connectivity index (χ1v) is 9.67. The summed E-state index contributed by atoms with van der Waals surface area (Å²) in [7, 11) is 0. The number of benzene rings is 1. The maximum Gasteiger partial charge on any atom is 0.317 e. The lowest BCUT2D eigenvalue weighted by atomic mass is 10.2. The van der Waals surface area contributed by atoms with E-state index in [-0.39, 0.29) is 18.0 Å². The summed E-state index contributed by atoms with van der Waals surface area (Å²) in [5.74, 6) is 0.0541. The van der Waals surface area contributed by atoms with Crippen molar-refractivity contribution in [2.75, 3.05) is 42.5 Å². The largest absolute Gasteiger partial charge is 0.368 e. The Morgan fingerprint density at radius 2 is 1.82 bits per heavy atom. The van der Waals surface area contributed by atoms with Gasteiger partial charge < -0.3 is 20.0 Å². The van der Waals surface area contributed by atoms with Crippen molar-refractivity contribution >= 4 is 23.3 Å². The Morgan fingerprint density at radius 3 is 2.54 bits per heavy atom. The first kappa shape index (κ1) is 18.3. The molecule has 2 aromatic rings. The average Bonchev–Trinajstić information content (AvgIpc) is 3.09. The number of piperazine rings is 1. The van der Waals surface area contributed by atoms with E-state index in [1.54, 1.807) is 17.3 Å². The van der Waals surface area contributed by atoms with Crippen LogP contribution in [0.5, 0.6) is 0 Å². The van der Waals surface area contributed by atoms with Crippen LogP contribution in [0.3, 0.4) is 0 Å². The molecule has 0 aliphatic carbocycles. The smallest absolute Gasteiger partial charge is 0.317 e. The van der Waals surface area contributed by atoms with E-state index in [9.17, 15) is 9.59 Å². The summed E-state index contributed by atoms with van der Waals surface area (Å²) in [5.41, 5.74) is 3.14. The summed E-state index contributed by atoms with van der Waals surface area (Å²) < 4.78 is 0. The van der Waals surface area contributed by atoms with Crippen LogP contribution in [0.25, 0.3) is 0 Å². The van der Waals surface area contributed by atoms with Crippen molar-refractivity contribution in [1.82, 2.24) is 15.2 Å². The standard InChI is InChI=1S/C21H25N5O2/c1-16-3-2-4-19(13-16)26-15-17(14-20(26)27)23-21(28)25-11-9-24(10-12-25)18-5-7-22-8-6-18/h2-8,13,17H,9-12,14-15H2,1H3,(H,23,28). The van der Waals surface area contributed by atoms with Gasteiger partial charge in [0.05, 0.1) is 6.04 Å². The van der Waals surface area contributed by atoms with Gasteiger partial charge in [-0.1, -0.05) is 12.1 Å². The number of nitrogens with zero attached hydrogens (tertiary/aromatic N) is 4. The highest BCUT2D eigenvalue weighted by Crippen LogP contribution is 2.23. The highest BCUT2D eigenvalue weighted by Gasteiger charge is 2.33. The fourth-order valence-corrected chi connectivity index (χ4v) is 3.84. The van der Waals surface area contributed by atoms with Gasteiger partial charge in [-0.05, 0) is 36.8 Å². The van der Waals surface area contributed by atoms with Crippen LogP contribution in [-0.4, -0.2) is 60.6 Å². The topological polar surface area (TPSA) is 68.8 Å². The third-order valence-electron chi connectivity index (χ3n) is 5.36. The molecule has 7 heteroatoms. The van der Waals surface area contributed by atoms with Crippen molar-refractivity contribution in [3.05, 3.63) is 54.4 Å². The fourth-order valence-electron chi connectivity index (χ4n) is 3.84. The van der Waals surface area contributed by atoms with E-state index in [0.29, 0.717) is 26.1 Å². The second-order valence-electron chi connectivity index (χ2n) is 7.37. The molecule has 0 bridgehead atoms. The number of anilines is 2. The van der Waals surface area contributed by atoms with Gasteiger partial charge in [-0.15, -0.1) is 0 Å². The molecule has 1 N–H and O–H groups in total. The summed E-state index contributed by atoms with van der Waals surface area (Å²) in [6.45, 7) is 5.43. The Bertz CT molecular complexity index is 849. The number of rotatable bonds is 3. The lowest BCUT2D eigenvalue weighted by Gasteiger charge is -2.36. The third kappa shape index (κ3) is 3.93. The molecule has 0 spiro atoms. The predicted molar refractivity (Wildman–Crippen MR) is 108 cm³/mol. The predicted octanol–water partition coefficient (Wildman–Crippen LogP) is 2.03. The maximum absolute atomic E-state index is 12.7. The minimum Gasteiger partial charge on any atom is -0.368 e. The summed E-state index contributed by atoms with van der Waals surface area (Å²) in [6, 6.07) is 11.6. The number of hydrogen-bond acceptors (Lipinski definition) is 4. The molecule has 146 valence electrons. The van der Waals surface area contributed by atoms with Crippen LogP contribution in [0.4, 0.5) is 16.2 Å². The number of urea groups is 1. The Labute approximate surface area is 164 Å². The first-order valence-electron chi connectivity index (χ1n) is 9.67. The van der Waals surface area contributed by atoms with Gasteiger partial charge in [0.15, 0.2) is 0 Å². The Kier molecular flexibility index (Phi) is 5.14. The summed E-state index contributed by atoms with van der Waals surface area (Å²) in [5, 5.41) is 3.04. The molecule has 3 heterocycles. The molecule has 28 heavy (non-hydrogen) atoms. The number of carbonyl (C=O) groups excluding carboxylic acids is 2. The Balaban J connectivity index is 1.30. The summed E-state index contributed by atoms with van der Waals surface area (Å²) >= 11 is 0. The van der Waals surface area contributed by atoms with Gasteiger partial charge in [0.2, 0.25) is 5.91 Å². The molecule has 1 aromatic heterocycles. The van der Waals surface area contributed by atoms with E-state index in [1.807, 2.05) is 48.2 Å². The van der Waals surface area contributed by atoms with Crippen molar-refractivity contribution < 1.29 is 9.59 Å². The van der Waals surface area contributed by atoms with Crippen molar-refractivity contribution in [2.24, 2.45) is 0 Å². The number of aryl methyl sites for hydroxylation is 1. The average molecular weight is 379 g/mol. The minimum absolute atomic E-state index is 0.0541. The minimum atomic E-state index is -0.154. The van der Waals surface area contributed by atoms with Crippen molar-refractivity contribution in [2.45, 2.75) is 19.4 Å². The molecule has 2 fully saturated rings. The van der Waals surface area contributed by atoms with Gasteiger partial charge in [0.25, 0.3) is 0 Å². The zero-order valence-corrected chi connectivity index (χ0v) is 16.0. The Hall–Kier alpha value is -3.09. The molecule has 2 saturated heterocycles. The van der Waals surface area contributed by atoms with Gasteiger partial charge in [-0.25, -0.2) is 4.79 Å². The van der Waals surface area contributed by atoms with E-state index in [1.165, 1.54) is 0 Å². The molecule has 1 aromatic carbocycles. The van der Waals surface area contributed by atoms with E-state index < -0.39 is 0 Å². The normalized spacial score (nSPS) is 19.8. The number of hydrogen-bond donors (Lipinski definition) is 1. The lowest BCUT2D eigenvalue weighted by Crippen LogP contribution is -2.53. The number of amides is 3. The van der Waals surface area contributed by atoms with E-state index in [4.69, 9.17) is 0 Å². The van der Waals surface area contributed by atoms with Crippen LogP contribution in [0.2, 0.25) is 0 Å². The molecular weight excluding hydrogens is 354 g/mol. The monoisotopic (exact) mass is 379 g/mol. The number of aromatic nitrogens is 1. The summed E-state index contributed by atoms with van der Waals surface area (Å²) in [6.07, 6.45) is 3.91. The van der Waals surface area contributed by atoms with Gasteiger partial charge in [0, 0.05) is 62.9 Å². The molecule has 1 atom stereocenters. The fraction of sp³-hybridized carbons (Fsp3) is 0.381. The van der Waals surface area contributed by atoms with Crippen LogP contribution in [-0.2, 0) is 4.79 Å². The molecule has 2 aliphatic rings. The van der Waals surface area contributed by atoms with Crippen LogP contribution in [0, 0.1) is 6.92 Å². The van der Waals surface area contributed by atoms with Gasteiger partial charge >= 0.3 is 6.03 Å². The second kappa shape index (κ2) is 7.88. The van der Waals surface area contributed by atoms with Crippen molar-refractivity contribution in [1.29, 1.82) is 0 Å². The maximum atomic E-state index is 12.7. The first-order chi connectivity index (χ1) is 13.6. The lowest BCUT2D eigenvalue weighted by molar-refractivity contribution is -0.117. The second-order valence-corrected chi connectivity index (χ2v) is 7.37. The number of nitrogens with one attached hydrogen (secondary N) is 1. The molecule has 3 amide bonds. The molecule has 0 saturated carbocycles. The van der Waals surface area contributed by atoms with E-state index >= 15 is 0 Å². The number of pyridine rings is 1. The highest BCUT2D eigenvalue weighted by atomic mass is 16.2. The van der Waals surface area contributed by atoms with Crippen LogP contribution in [0.15, 0.2) is 48.8 Å². The zero-order valence-electron chi connectivity index (χ0n) is 16.0. The van der Waals surface area contributed by atoms with Crippen LogP contribution < -0.4 is 15.1 Å². The number of carbonyl (C=O) groups is 2. The van der Waals surface area contributed by atoms with Crippen LogP contribution in [0.1, 0.15) is 12.0 Å². The van der Waals surface area contributed by atoms with Crippen molar-refractivity contribution in [3.8, 4) is 0 Å². The van der Waals surface area contributed by atoms with Gasteiger partial charge in [-0.2, -0.15) is 0 Å². The summed E-state index contributed by atoms with van der Waals surface area (Å²) in [4.78, 5) is 35.0. The molecule has 4 rings (SSSR count). The van der Waals surface area contributed by atoms with Crippen molar-refractivity contribution in [3.63, 3.8) is 0 Å². The quantitative estimate of drug-likeness (QED) is 0.886. The van der Waals surface area contributed by atoms with Gasteiger partial charge in [-0.3, -0.25) is 9.78 Å². The molecular formula is C21H25N5O2. The van der Waals surface area contributed by atoms with E-state index in [0.717, 1.165) is 30.0 Å². The SMILES string of the molecule is Cc1cccc(N2CC(NC(=O)N3CCN(c4ccncc4)CC3)CC2=O)c1.